The zero-order valence-corrected chi connectivity index (χ0v) is 19.3. The fraction of sp³-hybridized carbons (Fsp3) is 0.423. The maximum absolute atomic E-state index is 13.1. The van der Waals surface area contributed by atoms with Gasteiger partial charge in [0.25, 0.3) is 5.91 Å². The number of amides is 1. The third kappa shape index (κ3) is 4.85. The van der Waals surface area contributed by atoms with Gasteiger partial charge in [0, 0.05) is 49.4 Å². The van der Waals surface area contributed by atoms with Crippen LogP contribution in [-0.4, -0.2) is 47.1 Å². The van der Waals surface area contributed by atoms with Crippen LogP contribution in [0, 0.1) is 12.8 Å². The van der Waals surface area contributed by atoms with Gasteiger partial charge in [0.1, 0.15) is 0 Å². The van der Waals surface area contributed by atoms with Crippen molar-refractivity contribution in [3.05, 3.63) is 65.5 Å². The number of hydrogen-bond acceptors (Lipinski definition) is 5. The van der Waals surface area contributed by atoms with E-state index in [1.807, 2.05) is 60.4 Å². The predicted octanol–water partition coefficient (Wildman–Crippen LogP) is 4.99. The monoisotopic (exact) mass is 432 g/mol. The largest absolute Gasteiger partial charge is 0.372 e. The summed E-state index contributed by atoms with van der Waals surface area (Å²) in [5.41, 5.74) is 4.03. The Bertz CT molecular complexity index is 1040. The summed E-state index contributed by atoms with van der Waals surface area (Å²) in [6, 6.07) is 16.0. The number of carbonyl (C=O) groups excluding carboxylic acids is 1. The molecule has 0 N–H and O–H groups in total. The van der Waals surface area contributed by atoms with Crippen LogP contribution in [-0.2, 0) is 6.42 Å². The fourth-order valence-electron chi connectivity index (χ4n) is 4.52. The molecule has 0 radical (unpaired) electrons. The van der Waals surface area contributed by atoms with Crippen LogP contribution in [0.4, 0.5) is 5.69 Å². The Hall–Kier alpha value is -3.15. The van der Waals surface area contributed by atoms with Crippen LogP contribution < -0.4 is 4.90 Å². The van der Waals surface area contributed by atoms with Crippen molar-refractivity contribution in [2.45, 2.75) is 40.0 Å². The summed E-state index contributed by atoms with van der Waals surface area (Å²) in [5.74, 6) is 1.71. The van der Waals surface area contributed by atoms with Crippen molar-refractivity contribution < 1.29 is 9.32 Å². The van der Waals surface area contributed by atoms with E-state index in [0.29, 0.717) is 24.1 Å². The first-order chi connectivity index (χ1) is 15.6. The molecule has 1 aromatic heterocycles. The topological polar surface area (TPSA) is 62.5 Å². The average molecular weight is 433 g/mol. The molecule has 0 aliphatic carbocycles. The maximum atomic E-state index is 13.1. The summed E-state index contributed by atoms with van der Waals surface area (Å²) in [4.78, 5) is 22.0. The molecule has 1 unspecified atom stereocenters. The zero-order valence-electron chi connectivity index (χ0n) is 19.3. The highest BCUT2D eigenvalue weighted by molar-refractivity contribution is 5.94. The van der Waals surface area contributed by atoms with E-state index in [1.54, 1.807) is 0 Å². The smallest absolute Gasteiger partial charge is 0.253 e. The van der Waals surface area contributed by atoms with Crippen LogP contribution in [0.3, 0.4) is 0 Å². The predicted molar refractivity (Wildman–Crippen MR) is 127 cm³/mol. The van der Waals surface area contributed by atoms with Crippen LogP contribution in [0.1, 0.15) is 48.5 Å². The molecule has 2 aromatic carbocycles. The Kier molecular flexibility index (Phi) is 6.88. The lowest BCUT2D eigenvalue weighted by atomic mass is 9.94. The van der Waals surface area contributed by atoms with Gasteiger partial charge in [-0.05, 0) is 69.4 Å². The summed E-state index contributed by atoms with van der Waals surface area (Å²) in [6.45, 7) is 9.76. The molecule has 1 saturated heterocycles. The number of aryl methyl sites for hydroxylation is 1. The normalized spacial score (nSPS) is 16.2. The first-order valence-electron chi connectivity index (χ1n) is 11.6. The number of piperidine rings is 1. The lowest BCUT2D eigenvalue weighted by Gasteiger charge is -2.32. The number of rotatable bonds is 7. The van der Waals surface area contributed by atoms with Gasteiger partial charge in [0.15, 0.2) is 0 Å². The Morgan fingerprint density at radius 2 is 1.88 bits per heavy atom. The first kappa shape index (κ1) is 22.1. The van der Waals surface area contributed by atoms with Gasteiger partial charge in [0.2, 0.25) is 11.7 Å². The van der Waals surface area contributed by atoms with E-state index in [4.69, 9.17) is 4.52 Å². The molecular formula is C26H32N4O2. The molecule has 1 fully saturated rings. The molecule has 1 aliphatic heterocycles. The number of likely N-dealkylation sites (tertiary alicyclic amines) is 1. The van der Waals surface area contributed by atoms with Crippen LogP contribution in [0.5, 0.6) is 0 Å². The molecule has 4 rings (SSSR count). The van der Waals surface area contributed by atoms with E-state index in [2.05, 4.69) is 28.9 Å². The van der Waals surface area contributed by atoms with Gasteiger partial charge in [0.05, 0.1) is 0 Å². The van der Waals surface area contributed by atoms with Gasteiger partial charge in [-0.1, -0.05) is 29.4 Å². The summed E-state index contributed by atoms with van der Waals surface area (Å²) in [7, 11) is 0. The molecule has 6 nitrogen and oxygen atoms in total. The first-order valence-corrected chi connectivity index (χ1v) is 11.6. The number of benzene rings is 2. The minimum Gasteiger partial charge on any atom is -0.372 e. The number of anilines is 1. The summed E-state index contributed by atoms with van der Waals surface area (Å²) >= 11 is 0. The van der Waals surface area contributed by atoms with E-state index in [9.17, 15) is 4.79 Å². The second kappa shape index (κ2) is 9.98. The highest BCUT2D eigenvalue weighted by atomic mass is 16.5. The van der Waals surface area contributed by atoms with Crippen molar-refractivity contribution in [1.29, 1.82) is 0 Å². The van der Waals surface area contributed by atoms with Gasteiger partial charge in [-0.2, -0.15) is 4.98 Å². The van der Waals surface area contributed by atoms with E-state index < -0.39 is 0 Å². The molecule has 2 heterocycles. The molecule has 1 atom stereocenters. The molecule has 168 valence electrons. The molecule has 0 bridgehead atoms. The number of nitrogens with zero attached hydrogens (tertiary/aromatic N) is 4. The van der Waals surface area contributed by atoms with Gasteiger partial charge in [-0.15, -0.1) is 0 Å². The van der Waals surface area contributed by atoms with Crippen molar-refractivity contribution in [1.82, 2.24) is 15.0 Å². The minimum absolute atomic E-state index is 0.104. The maximum Gasteiger partial charge on any atom is 0.253 e. The number of hydrogen-bond donors (Lipinski definition) is 0. The number of carbonyl (C=O) groups is 1. The Balaban J connectivity index is 1.39. The summed E-state index contributed by atoms with van der Waals surface area (Å²) in [6.07, 6.45) is 2.75. The van der Waals surface area contributed by atoms with Gasteiger partial charge in [-0.25, -0.2) is 0 Å². The molecule has 32 heavy (non-hydrogen) atoms. The molecule has 3 aromatic rings. The quantitative estimate of drug-likeness (QED) is 0.527. The standard InChI is InChI=1S/C26H32N4O2/c1-4-29(5-2)22-14-12-21(13-15-22)26(31)30-16-8-10-20(18-30)17-24-27-25(28-32-24)23-11-7-6-9-19(23)3/h6-7,9,11-15,20H,4-5,8,10,16-18H2,1-3H3. The Labute approximate surface area is 190 Å². The molecule has 0 spiro atoms. The van der Waals surface area contributed by atoms with Crippen molar-refractivity contribution in [2.75, 3.05) is 31.1 Å². The van der Waals surface area contributed by atoms with E-state index in [1.165, 1.54) is 0 Å². The minimum atomic E-state index is 0.104. The van der Waals surface area contributed by atoms with E-state index in [0.717, 1.165) is 61.4 Å². The summed E-state index contributed by atoms with van der Waals surface area (Å²) in [5, 5.41) is 4.18. The third-order valence-electron chi connectivity index (χ3n) is 6.37. The van der Waals surface area contributed by atoms with Gasteiger partial charge in [-0.3, -0.25) is 4.79 Å². The van der Waals surface area contributed by atoms with Crippen LogP contribution >= 0.6 is 0 Å². The van der Waals surface area contributed by atoms with Crippen molar-refractivity contribution in [3.63, 3.8) is 0 Å². The SMILES string of the molecule is CCN(CC)c1ccc(C(=O)N2CCCC(Cc3nc(-c4ccccc4C)no3)C2)cc1. The second-order valence-corrected chi connectivity index (χ2v) is 8.51. The Morgan fingerprint density at radius 3 is 2.59 bits per heavy atom. The molecule has 6 heteroatoms. The van der Waals surface area contributed by atoms with E-state index in [-0.39, 0.29) is 5.91 Å². The average Bonchev–Trinajstić information content (AvgIpc) is 3.28. The lowest BCUT2D eigenvalue weighted by Crippen LogP contribution is -2.40. The third-order valence-corrected chi connectivity index (χ3v) is 6.37. The fourth-order valence-corrected chi connectivity index (χ4v) is 4.52. The molecule has 0 saturated carbocycles. The Morgan fingerprint density at radius 1 is 1.12 bits per heavy atom. The lowest BCUT2D eigenvalue weighted by molar-refractivity contribution is 0.0668. The molecule has 1 amide bonds. The number of aromatic nitrogens is 2. The van der Waals surface area contributed by atoms with Crippen molar-refractivity contribution in [2.24, 2.45) is 5.92 Å². The zero-order chi connectivity index (χ0) is 22.5. The summed E-state index contributed by atoms with van der Waals surface area (Å²) < 4.78 is 5.54. The highest BCUT2D eigenvalue weighted by Crippen LogP contribution is 2.25. The second-order valence-electron chi connectivity index (χ2n) is 8.51. The van der Waals surface area contributed by atoms with Crippen LogP contribution in [0.15, 0.2) is 53.1 Å². The van der Waals surface area contributed by atoms with Crippen molar-refractivity contribution in [3.8, 4) is 11.4 Å². The van der Waals surface area contributed by atoms with Gasteiger partial charge < -0.3 is 14.3 Å². The van der Waals surface area contributed by atoms with Gasteiger partial charge >= 0.3 is 0 Å². The van der Waals surface area contributed by atoms with E-state index >= 15 is 0 Å². The van der Waals surface area contributed by atoms with Crippen LogP contribution in [0.2, 0.25) is 0 Å². The highest BCUT2D eigenvalue weighted by Gasteiger charge is 2.26. The molecule has 1 aliphatic rings. The molecular weight excluding hydrogens is 400 g/mol. The van der Waals surface area contributed by atoms with Crippen LogP contribution in [0.25, 0.3) is 11.4 Å². The van der Waals surface area contributed by atoms with Crippen molar-refractivity contribution >= 4 is 11.6 Å².